The SMILES string of the molecule is COc1ccccc1N1CCN(C2CCCN(Cc3ccc4nonc4c3)C2)CC1. The summed E-state index contributed by atoms with van der Waals surface area (Å²) >= 11 is 0. The van der Waals surface area contributed by atoms with Gasteiger partial charge in [0.2, 0.25) is 0 Å². The first kappa shape index (κ1) is 19.3. The fourth-order valence-corrected chi connectivity index (χ4v) is 4.88. The number of fused-ring (bicyclic) bond motifs is 1. The van der Waals surface area contributed by atoms with E-state index >= 15 is 0 Å². The molecule has 0 spiro atoms. The number of hydrogen-bond acceptors (Lipinski definition) is 7. The molecule has 1 aromatic heterocycles. The van der Waals surface area contributed by atoms with Crippen molar-refractivity contribution >= 4 is 16.7 Å². The highest BCUT2D eigenvalue weighted by atomic mass is 16.6. The van der Waals surface area contributed by atoms with Gasteiger partial charge in [0.05, 0.1) is 12.8 Å². The van der Waals surface area contributed by atoms with E-state index < -0.39 is 0 Å². The van der Waals surface area contributed by atoms with E-state index in [0.29, 0.717) is 6.04 Å². The highest BCUT2D eigenvalue weighted by Gasteiger charge is 2.28. The van der Waals surface area contributed by atoms with E-state index in [1.165, 1.54) is 24.1 Å². The third-order valence-electron chi connectivity index (χ3n) is 6.46. The number of piperazine rings is 1. The summed E-state index contributed by atoms with van der Waals surface area (Å²) in [5.74, 6) is 0.967. The highest BCUT2D eigenvalue weighted by Crippen LogP contribution is 2.29. The van der Waals surface area contributed by atoms with Crippen LogP contribution >= 0.6 is 0 Å². The Morgan fingerprint density at radius 1 is 1.00 bits per heavy atom. The molecule has 3 aromatic rings. The van der Waals surface area contributed by atoms with Crippen molar-refractivity contribution in [1.82, 2.24) is 20.1 Å². The Morgan fingerprint density at radius 3 is 2.70 bits per heavy atom. The van der Waals surface area contributed by atoms with Crippen LogP contribution < -0.4 is 9.64 Å². The number of aromatic nitrogens is 2. The first-order valence-corrected chi connectivity index (χ1v) is 10.9. The summed E-state index contributed by atoms with van der Waals surface area (Å²) in [6.45, 7) is 7.55. The number of para-hydroxylation sites is 2. The van der Waals surface area contributed by atoms with Crippen LogP contribution in [0.2, 0.25) is 0 Å². The molecule has 30 heavy (non-hydrogen) atoms. The molecule has 158 valence electrons. The van der Waals surface area contributed by atoms with Crippen molar-refractivity contribution < 1.29 is 9.37 Å². The second-order valence-corrected chi connectivity index (χ2v) is 8.31. The van der Waals surface area contributed by atoms with Gasteiger partial charge in [0.15, 0.2) is 0 Å². The second kappa shape index (κ2) is 8.62. The monoisotopic (exact) mass is 407 g/mol. The summed E-state index contributed by atoms with van der Waals surface area (Å²) in [7, 11) is 1.75. The molecule has 0 amide bonds. The van der Waals surface area contributed by atoms with Gasteiger partial charge in [-0.15, -0.1) is 0 Å². The van der Waals surface area contributed by atoms with Crippen LogP contribution in [0, 0.1) is 0 Å². The molecule has 2 aliphatic rings. The number of benzene rings is 2. The van der Waals surface area contributed by atoms with E-state index in [1.54, 1.807) is 7.11 Å². The fourth-order valence-electron chi connectivity index (χ4n) is 4.88. The van der Waals surface area contributed by atoms with Crippen molar-refractivity contribution in [3.63, 3.8) is 0 Å². The lowest BCUT2D eigenvalue weighted by Crippen LogP contribution is -2.55. The molecule has 2 saturated heterocycles. The molecule has 0 radical (unpaired) electrons. The number of hydrogen-bond donors (Lipinski definition) is 0. The maximum atomic E-state index is 5.56. The molecule has 0 bridgehead atoms. The lowest BCUT2D eigenvalue weighted by Gasteiger charge is -2.44. The van der Waals surface area contributed by atoms with Crippen molar-refractivity contribution in [1.29, 1.82) is 0 Å². The van der Waals surface area contributed by atoms with Gasteiger partial charge in [-0.25, -0.2) is 4.63 Å². The maximum absolute atomic E-state index is 5.56. The van der Waals surface area contributed by atoms with Crippen LogP contribution in [0.25, 0.3) is 11.0 Å². The summed E-state index contributed by atoms with van der Waals surface area (Å²) in [4.78, 5) is 7.72. The molecule has 0 aliphatic carbocycles. The fraction of sp³-hybridized carbons (Fsp3) is 0.478. The van der Waals surface area contributed by atoms with E-state index in [9.17, 15) is 0 Å². The Morgan fingerprint density at radius 2 is 1.83 bits per heavy atom. The van der Waals surface area contributed by atoms with Crippen LogP contribution in [0.5, 0.6) is 5.75 Å². The van der Waals surface area contributed by atoms with E-state index in [0.717, 1.165) is 62.6 Å². The molecule has 2 fully saturated rings. The third-order valence-corrected chi connectivity index (χ3v) is 6.46. The van der Waals surface area contributed by atoms with Gasteiger partial charge in [0.25, 0.3) is 0 Å². The summed E-state index contributed by atoms with van der Waals surface area (Å²) in [5, 5.41) is 7.88. The maximum Gasteiger partial charge on any atom is 0.142 e. The van der Waals surface area contributed by atoms with Gasteiger partial charge in [-0.05, 0) is 59.5 Å². The molecule has 1 unspecified atom stereocenters. The van der Waals surface area contributed by atoms with Crippen LogP contribution in [0.15, 0.2) is 47.1 Å². The number of nitrogens with zero attached hydrogens (tertiary/aromatic N) is 5. The molecule has 0 saturated carbocycles. The van der Waals surface area contributed by atoms with Gasteiger partial charge < -0.3 is 9.64 Å². The normalized spacial score (nSPS) is 21.2. The minimum absolute atomic E-state index is 0.635. The van der Waals surface area contributed by atoms with Crippen molar-refractivity contribution in [3.8, 4) is 5.75 Å². The standard InChI is InChI=1S/C23H29N5O2/c1-29-23-7-3-2-6-22(23)28-13-11-27(12-14-28)19-5-4-10-26(17-19)16-18-8-9-20-21(15-18)25-30-24-20/h2-3,6-9,15,19H,4-5,10-14,16-17H2,1H3. The molecule has 2 aromatic carbocycles. The minimum Gasteiger partial charge on any atom is -0.495 e. The molecule has 5 rings (SSSR count). The van der Waals surface area contributed by atoms with Crippen molar-refractivity contribution in [2.24, 2.45) is 0 Å². The van der Waals surface area contributed by atoms with E-state index in [-0.39, 0.29) is 0 Å². The van der Waals surface area contributed by atoms with E-state index in [2.05, 4.69) is 49.3 Å². The number of likely N-dealkylation sites (tertiary alicyclic amines) is 1. The Balaban J connectivity index is 1.18. The van der Waals surface area contributed by atoms with Gasteiger partial charge in [0, 0.05) is 45.3 Å². The first-order chi connectivity index (χ1) is 14.8. The quantitative estimate of drug-likeness (QED) is 0.644. The Labute approximate surface area is 177 Å². The van der Waals surface area contributed by atoms with Crippen molar-refractivity contribution in [3.05, 3.63) is 48.0 Å². The van der Waals surface area contributed by atoms with E-state index in [1.807, 2.05) is 18.2 Å². The largest absolute Gasteiger partial charge is 0.495 e. The Bertz CT molecular complexity index is 982. The van der Waals surface area contributed by atoms with Crippen LogP contribution in [0.1, 0.15) is 18.4 Å². The molecule has 1 atom stereocenters. The first-order valence-electron chi connectivity index (χ1n) is 10.9. The summed E-state index contributed by atoms with van der Waals surface area (Å²) in [6.07, 6.45) is 2.54. The molecular weight excluding hydrogens is 378 g/mol. The predicted molar refractivity (Wildman–Crippen MR) is 117 cm³/mol. The zero-order valence-corrected chi connectivity index (χ0v) is 17.5. The van der Waals surface area contributed by atoms with Crippen LogP contribution in [-0.4, -0.2) is 72.5 Å². The van der Waals surface area contributed by atoms with Crippen molar-refractivity contribution in [2.45, 2.75) is 25.4 Å². The summed E-state index contributed by atoms with van der Waals surface area (Å²) in [6, 6.07) is 15.2. The molecule has 3 heterocycles. The Kier molecular flexibility index (Phi) is 5.55. The second-order valence-electron chi connectivity index (χ2n) is 8.31. The zero-order valence-electron chi connectivity index (χ0n) is 17.5. The molecule has 7 nitrogen and oxygen atoms in total. The molecule has 0 N–H and O–H groups in total. The Hall–Kier alpha value is -2.64. The topological polar surface area (TPSA) is 57.9 Å². The zero-order chi connectivity index (χ0) is 20.3. The third kappa shape index (κ3) is 4.00. The molecule has 7 heteroatoms. The molecular formula is C23H29N5O2. The van der Waals surface area contributed by atoms with Crippen LogP contribution in [-0.2, 0) is 6.54 Å². The number of ether oxygens (including phenoxy) is 1. The minimum atomic E-state index is 0.635. The van der Waals surface area contributed by atoms with Gasteiger partial charge >= 0.3 is 0 Å². The lowest BCUT2D eigenvalue weighted by atomic mass is 10.0. The summed E-state index contributed by atoms with van der Waals surface area (Å²) < 4.78 is 10.4. The van der Waals surface area contributed by atoms with Gasteiger partial charge in [-0.3, -0.25) is 9.80 Å². The number of piperidine rings is 1. The van der Waals surface area contributed by atoms with Crippen LogP contribution in [0.3, 0.4) is 0 Å². The smallest absolute Gasteiger partial charge is 0.142 e. The molecule has 2 aliphatic heterocycles. The average molecular weight is 408 g/mol. The average Bonchev–Trinajstić information content (AvgIpc) is 3.27. The highest BCUT2D eigenvalue weighted by molar-refractivity contribution is 5.73. The van der Waals surface area contributed by atoms with Gasteiger partial charge in [0.1, 0.15) is 16.8 Å². The number of methoxy groups -OCH3 is 1. The lowest BCUT2D eigenvalue weighted by molar-refractivity contribution is 0.0887. The van der Waals surface area contributed by atoms with Gasteiger partial charge in [-0.1, -0.05) is 18.2 Å². The van der Waals surface area contributed by atoms with Crippen molar-refractivity contribution in [2.75, 3.05) is 51.3 Å². The van der Waals surface area contributed by atoms with E-state index in [4.69, 9.17) is 9.37 Å². The number of rotatable bonds is 5. The van der Waals surface area contributed by atoms with Crippen LogP contribution in [0.4, 0.5) is 5.69 Å². The predicted octanol–water partition coefficient (Wildman–Crippen LogP) is 3.02. The number of anilines is 1. The van der Waals surface area contributed by atoms with Gasteiger partial charge in [-0.2, -0.15) is 0 Å². The summed E-state index contributed by atoms with van der Waals surface area (Å²) in [5.41, 5.74) is 4.15.